The van der Waals surface area contributed by atoms with E-state index < -0.39 is 17.9 Å². The van der Waals surface area contributed by atoms with Gasteiger partial charge in [0, 0.05) is 6.20 Å². The third-order valence-corrected chi connectivity index (χ3v) is 4.00. The first-order valence-electron chi connectivity index (χ1n) is 8.55. The van der Waals surface area contributed by atoms with Crippen molar-refractivity contribution in [2.45, 2.75) is 19.9 Å². The molecule has 0 bridgehead atoms. The molecule has 0 saturated heterocycles. The maximum atomic E-state index is 11.7. The van der Waals surface area contributed by atoms with E-state index in [9.17, 15) is 9.59 Å². The Morgan fingerprint density at radius 1 is 1.07 bits per heavy atom. The number of fused-ring (bicyclic) bond motifs is 1. The summed E-state index contributed by atoms with van der Waals surface area (Å²) in [6.07, 6.45) is 4.56. The van der Waals surface area contributed by atoms with E-state index in [4.69, 9.17) is 11.5 Å². The van der Waals surface area contributed by atoms with E-state index in [1.807, 2.05) is 19.9 Å². The molecule has 3 rings (SSSR count). The lowest BCUT2D eigenvalue weighted by atomic mass is 10.0. The minimum absolute atomic E-state index is 0.0492. The second-order valence-corrected chi connectivity index (χ2v) is 6.48. The number of primary amides is 2. The molecule has 0 spiro atoms. The molecule has 0 aromatic carbocycles. The standard InChI is InChI=1S/C18H20N8O2/c1-9(2)14(16(19)27)25-13-8-23-15(17(20)28)18(26-13)24-10-6-12-11(22-7-10)4-3-5-21-12/h3-9,14H,1-2H3,(H2,19,27)(H2,20,28)(H2,24,25,26)/t14-/m1/s1. The number of carbonyl (C=O) groups is 2. The van der Waals surface area contributed by atoms with Gasteiger partial charge < -0.3 is 22.1 Å². The number of carbonyl (C=O) groups excluding carboxylic acids is 2. The van der Waals surface area contributed by atoms with Crippen LogP contribution in [0.3, 0.4) is 0 Å². The normalized spacial score (nSPS) is 12.0. The van der Waals surface area contributed by atoms with Crippen LogP contribution in [-0.4, -0.2) is 37.8 Å². The number of nitrogens with one attached hydrogen (secondary N) is 2. The Morgan fingerprint density at radius 2 is 1.86 bits per heavy atom. The summed E-state index contributed by atoms with van der Waals surface area (Å²) in [4.78, 5) is 40.3. The van der Waals surface area contributed by atoms with Gasteiger partial charge in [-0.3, -0.25) is 19.6 Å². The number of rotatable bonds is 7. The molecule has 3 aromatic heterocycles. The lowest BCUT2D eigenvalue weighted by Crippen LogP contribution is -2.39. The number of nitrogens with two attached hydrogens (primary N) is 2. The molecule has 0 unspecified atom stereocenters. The van der Waals surface area contributed by atoms with Gasteiger partial charge in [0.25, 0.3) is 5.91 Å². The second-order valence-electron chi connectivity index (χ2n) is 6.48. The molecule has 28 heavy (non-hydrogen) atoms. The average molecular weight is 380 g/mol. The van der Waals surface area contributed by atoms with Crippen LogP contribution in [0.4, 0.5) is 17.3 Å². The van der Waals surface area contributed by atoms with Crippen molar-refractivity contribution in [3.8, 4) is 0 Å². The number of nitrogens with zero attached hydrogens (tertiary/aromatic N) is 4. The molecular formula is C18H20N8O2. The number of amides is 2. The molecular weight excluding hydrogens is 360 g/mol. The van der Waals surface area contributed by atoms with Gasteiger partial charge in [0.05, 0.1) is 29.1 Å². The van der Waals surface area contributed by atoms with Crippen LogP contribution in [-0.2, 0) is 4.79 Å². The van der Waals surface area contributed by atoms with Crippen molar-refractivity contribution in [3.63, 3.8) is 0 Å². The van der Waals surface area contributed by atoms with Crippen molar-refractivity contribution in [1.82, 2.24) is 19.9 Å². The number of hydrogen-bond donors (Lipinski definition) is 4. The van der Waals surface area contributed by atoms with Gasteiger partial charge in [-0.25, -0.2) is 9.97 Å². The van der Waals surface area contributed by atoms with Crippen LogP contribution in [0, 0.1) is 5.92 Å². The van der Waals surface area contributed by atoms with Crippen molar-refractivity contribution < 1.29 is 9.59 Å². The molecule has 10 heteroatoms. The predicted octanol–water partition coefficient (Wildman–Crippen LogP) is 1.18. The summed E-state index contributed by atoms with van der Waals surface area (Å²) < 4.78 is 0. The largest absolute Gasteiger partial charge is 0.368 e. The first-order chi connectivity index (χ1) is 13.3. The van der Waals surface area contributed by atoms with Crippen LogP contribution in [0.1, 0.15) is 24.3 Å². The summed E-state index contributed by atoms with van der Waals surface area (Å²) in [7, 11) is 0. The number of pyridine rings is 2. The van der Waals surface area contributed by atoms with Gasteiger partial charge >= 0.3 is 0 Å². The average Bonchev–Trinajstić information content (AvgIpc) is 2.65. The third-order valence-electron chi connectivity index (χ3n) is 4.00. The molecule has 10 nitrogen and oxygen atoms in total. The molecule has 0 saturated carbocycles. The maximum absolute atomic E-state index is 11.7. The molecule has 0 aliphatic rings. The lowest BCUT2D eigenvalue weighted by molar-refractivity contribution is -0.119. The van der Waals surface area contributed by atoms with Crippen molar-refractivity contribution in [3.05, 3.63) is 42.5 Å². The van der Waals surface area contributed by atoms with E-state index in [0.717, 1.165) is 5.52 Å². The molecule has 144 valence electrons. The highest BCUT2D eigenvalue weighted by Crippen LogP contribution is 2.22. The summed E-state index contributed by atoms with van der Waals surface area (Å²) in [6.45, 7) is 3.70. The summed E-state index contributed by atoms with van der Waals surface area (Å²) in [5.74, 6) is -0.931. The fourth-order valence-corrected chi connectivity index (χ4v) is 2.61. The van der Waals surface area contributed by atoms with Gasteiger partial charge in [-0.1, -0.05) is 13.8 Å². The predicted molar refractivity (Wildman–Crippen MR) is 105 cm³/mol. The monoisotopic (exact) mass is 380 g/mol. The van der Waals surface area contributed by atoms with Gasteiger partial charge in [0.2, 0.25) is 5.91 Å². The highest BCUT2D eigenvalue weighted by molar-refractivity contribution is 5.96. The van der Waals surface area contributed by atoms with Crippen molar-refractivity contribution in [1.29, 1.82) is 0 Å². The van der Waals surface area contributed by atoms with Crippen LogP contribution in [0.15, 0.2) is 36.8 Å². The van der Waals surface area contributed by atoms with Gasteiger partial charge in [0.1, 0.15) is 11.9 Å². The van der Waals surface area contributed by atoms with E-state index in [2.05, 4.69) is 30.6 Å². The second kappa shape index (κ2) is 7.82. The van der Waals surface area contributed by atoms with E-state index in [1.54, 1.807) is 24.5 Å². The molecule has 6 N–H and O–H groups in total. The Balaban J connectivity index is 1.95. The molecule has 0 aliphatic heterocycles. The molecule has 2 amide bonds. The first kappa shape index (κ1) is 19.0. The van der Waals surface area contributed by atoms with Crippen molar-refractivity contribution >= 4 is 40.2 Å². The SMILES string of the molecule is CC(C)[C@@H](Nc1cnc(C(N)=O)c(Nc2cnc3cccnc3c2)n1)C(N)=O. The smallest absolute Gasteiger partial charge is 0.271 e. The molecule has 0 aliphatic carbocycles. The van der Waals surface area contributed by atoms with E-state index in [0.29, 0.717) is 11.2 Å². The van der Waals surface area contributed by atoms with Gasteiger partial charge in [-0.2, -0.15) is 0 Å². The quantitative estimate of drug-likeness (QED) is 0.475. The van der Waals surface area contributed by atoms with E-state index in [1.165, 1.54) is 6.20 Å². The lowest BCUT2D eigenvalue weighted by Gasteiger charge is -2.20. The van der Waals surface area contributed by atoms with Crippen LogP contribution >= 0.6 is 0 Å². The van der Waals surface area contributed by atoms with Crippen LogP contribution in [0.5, 0.6) is 0 Å². The summed E-state index contributed by atoms with van der Waals surface area (Å²) in [5.41, 5.74) is 12.7. The molecule has 1 atom stereocenters. The highest BCUT2D eigenvalue weighted by Gasteiger charge is 2.21. The zero-order valence-corrected chi connectivity index (χ0v) is 15.4. The van der Waals surface area contributed by atoms with Crippen LogP contribution in [0.2, 0.25) is 0 Å². The van der Waals surface area contributed by atoms with E-state index >= 15 is 0 Å². The minimum atomic E-state index is -0.747. The summed E-state index contributed by atoms with van der Waals surface area (Å²) in [5, 5.41) is 5.92. The summed E-state index contributed by atoms with van der Waals surface area (Å²) >= 11 is 0. The molecule has 3 heterocycles. The molecule has 0 fully saturated rings. The third kappa shape index (κ3) is 4.11. The van der Waals surface area contributed by atoms with Crippen LogP contribution in [0.25, 0.3) is 11.0 Å². The Kier molecular flexibility index (Phi) is 5.30. The Morgan fingerprint density at radius 3 is 2.54 bits per heavy atom. The Bertz CT molecular complexity index is 1040. The summed E-state index contributed by atoms with van der Waals surface area (Å²) in [6, 6.07) is 4.74. The fraction of sp³-hybridized carbons (Fsp3) is 0.222. The molecule has 3 aromatic rings. The number of hydrogen-bond acceptors (Lipinski definition) is 8. The maximum Gasteiger partial charge on any atom is 0.271 e. The highest BCUT2D eigenvalue weighted by atomic mass is 16.1. The fourth-order valence-electron chi connectivity index (χ4n) is 2.61. The number of anilines is 3. The van der Waals surface area contributed by atoms with Gasteiger partial charge in [-0.15, -0.1) is 0 Å². The Labute approximate surface area is 160 Å². The van der Waals surface area contributed by atoms with E-state index in [-0.39, 0.29) is 23.2 Å². The first-order valence-corrected chi connectivity index (χ1v) is 8.55. The zero-order valence-electron chi connectivity index (χ0n) is 15.4. The zero-order chi connectivity index (χ0) is 20.3. The molecule has 0 radical (unpaired) electrons. The van der Waals surface area contributed by atoms with Crippen molar-refractivity contribution in [2.75, 3.05) is 10.6 Å². The van der Waals surface area contributed by atoms with Crippen molar-refractivity contribution in [2.24, 2.45) is 17.4 Å². The topological polar surface area (TPSA) is 162 Å². The van der Waals surface area contributed by atoms with Crippen LogP contribution < -0.4 is 22.1 Å². The number of aromatic nitrogens is 4. The van der Waals surface area contributed by atoms with Gasteiger partial charge in [0.15, 0.2) is 11.5 Å². The Hall–Kier alpha value is -3.82. The minimum Gasteiger partial charge on any atom is -0.368 e. The van der Waals surface area contributed by atoms with Gasteiger partial charge in [-0.05, 0) is 24.1 Å².